The van der Waals surface area contributed by atoms with Crippen LogP contribution in [0.2, 0.25) is 0 Å². The van der Waals surface area contributed by atoms with E-state index < -0.39 is 0 Å². The summed E-state index contributed by atoms with van der Waals surface area (Å²) in [5, 5.41) is 0. The Labute approximate surface area is 91.3 Å². The Hall–Kier alpha value is -1.55. The van der Waals surface area contributed by atoms with E-state index in [4.69, 9.17) is 5.73 Å². The van der Waals surface area contributed by atoms with E-state index >= 15 is 0 Å². The molecule has 0 spiro atoms. The minimum Gasteiger partial charge on any atom is -0.398 e. The average Bonchev–Trinajstić information content (AvgIpc) is 2.24. The molecule has 2 nitrogen and oxygen atoms in total. The van der Waals surface area contributed by atoms with Crippen LogP contribution in [0, 0.1) is 5.82 Å². The second-order valence-electron chi connectivity index (χ2n) is 2.97. The zero-order valence-electron chi connectivity index (χ0n) is 7.85. The first kappa shape index (κ1) is 9.98. The topological polar surface area (TPSA) is 38.9 Å². The molecule has 0 bridgehead atoms. The summed E-state index contributed by atoms with van der Waals surface area (Å²) < 4.78 is 12.8. The lowest BCUT2D eigenvalue weighted by molar-refractivity contribution is 0.627. The number of benzene rings is 1. The summed E-state index contributed by atoms with van der Waals surface area (Å²) in [6.45, 7) is 0. The van der Waals surface area contributed by atoms with Crippen molar-refractivity contribution in [3.63, 3.8) is 0 Å². The van der Waals surface area contributed by atoms with Gasteiger partial charge < -0.3 is 5.73 Å². The van der Waals surface area contributed by atoms with Crippen molar-refractivity contribution in [2.24, 2.45) is 0 Å². The lowest BCUT2D eigenvalue weighted by Crippen LogP contribution is -1.89. The van der Waals surface area contributed by atoms with Crippen LogP contribution in [0.3, 0.4) is 0 Å². The highest BCUT2D eigenvalue weighted by molar-refractivity contribution is 7.99. The fraction of sp³-hybridized carbons (Fsp3) is 0. The largest absolute Gasteiger partial charge is 0.398 e. The molecular formula is C11H9FN2S. The molecule has 0 saturated carbocycles. The molecule has 15 heavy (non-hydrogen) atoms. The number of aromatic nitrogens is 1. The molecule has 2 aromatic rings. The minimum atomic E-state index is -0.313. The third kappa shape index (κ3) is 2.47. The van der Waals surface area contributed by atoms with Crippen LogP contribution in [0.15, 0.2) is 52.5 Å². The molecule has 0 saturated heterocycles. The standard InChI is InChI=1S/C11H9FN2S/c12-8-1-2-11(10(13)7-8)15-9-3-5-14-6-4-9/h1-7H,13H2. The number of hydrogen-bond donors (Lipinski definition) is 1. The Morgan fingerprint density at radius 3 is 2.53 bits per heavy atom. The molecule has 2 N–H and O–H groups in total. The van der Waals surface area contributed by atoms with Crippen molar-refractivity contribution in [3.8, 4) is 0 Å². The van der Waals surface area contributed by atoms with Crippen LogP contribution in [0.4, 0.5) is 10.1 Å². The van der Waals surface area contributed by atoms with Gasteiger partial charge in [0.05, 0.1) is 0 Å². The van der Waals surface area contributed by atoms with Crippen molar-refractivity contribution in [2.45, 2.75) is 9.79 Å². The molecule has 1 aromatic heterocycles. The Kier molecular flexibility index (Phi) is 2.87. The molecule has 0 atom stereocenters. The number of anilines is 1. The van der Waals surface area contributed by atoms with Gasteiger partial charge in [-0.3, -0.25) is 4.98 Å². The van der Waals surface area contributed by atoms with Crippen LogP contribution in [-0.4, -0.2) is 4.98 Å². The fourth-order valence-corrected chi connectivity index (χ4v) is 1.97. The Bertz CT molecular complexity index is 459. The molecule has 0 aliphatic rings. The highest BCUT2D eigenvalue weighted by Gasteiger charge is 2.02. The third-order valence-corrected chi connectivity index (χ3v) is 2.95. The van der Waals surface area contributed by atoms with E-state index in [2.05, 4.69) is 4.98 Å². The number of nitrogens with zero attached hydrogens (tertiary/aromatic N) is 1. The first-order chi connectivity index (χ1) is 7.25. The highest BCUT2D eigenvalue weighted by Crippen LogP contribution is 2.31. The number of nitrogens with two attached hydrogens (primary N) is 1. The molecule has 0 radical (unpaired) electrons. The minimum absolute atomic E-state index is 0.313. The summed E-state index contributed by atoms with van der Waals surface area (Å²) in [6, 6.07) is 8.17. The number of hydrogen-bond acceptors (Lipinski definition) is 3. The van der Waals surface area contributed by atoms with Gasteiger partial charge in [0, 0.05) is 27.9 Å². The molecule has 1 heterocycles. The van der Waals surface area contributed by atoms with E-state index in [0.29, 0.717) is 5.69 Å². The van der Waals surface area contributed by atoms with Crippen LogP contribution >= 0.6 is 11.8 Å². The number of nitrogen functional groups attached to an aromatic ring is 1. The van der Waals surface area contributed by atoms with Crippen LogP contribution in [0.25, 0.3) is 0 Å². The van der Waals surface area contributed by atoms with Crippen LogP contribution in [0.5, 0.6) is 0 Å². The molecule has 0 fully saturated rings. The zero-order chi connectivity index (χ0) is 10.7. The Morgan fingerprint density at radius 2 is 1.87 bits per heavy atom. The maximum Gasteiger partial charge on any atom is 0.125 e. The molecule has 1 aromatic carbocycles. The number of rotatable bonds is 2. The molecule has 0 aliphatic heterocycles. The summed E-state index contributed by atoms with van der Waals surface area (Å²) >= 11 is 1.49. The van der Waals surface area contributed by atoms with Gasteiger partial charge in [-0.1, -0.05) is 11.8 Å². The lowest BCUT2D eigenvalue weighted by atomic mass is 10.3. The van der Waals surface area contributed by atoms with Gasteiger partial charge >= 0.3 is 0 Å². The van der Waals surface area contributed by atoms with Gasteiger partial charge in [-0.05, 0) is 30.3 Å². The van der Waals surface area contributed by atoms with Gasteiger partial charge in [0.15, 0.2) is 0 Å². The normalized spacial score (nSPS) is 10.2. The first-order valence-electron chi connectivity index (χ1n) is 4.38. The van der Waals surface area contributed by atoms with Crippen molar-refractivity contribution in [1.29, 1.82) is 0 Å². The Balaban J connectivity index is 2.25. The van der Waals surface area contributed by atoms with E-state index in [9.17, 15) is 4.39 Å². The third-order valence-electron chi connectivity index (χ3n) is 1.85. The fourth-order valence-electron chi connectivity index (χ4n) is 1.15. The van der Waals surface area contributed by atoms with Crippen molar-refractivity contribution < 1.29 is 4.39 Å². The van der Waals surface area contributed by atoms with Gasteiger partial charge in [-0.25, -0.2) is 4.39 Å². The van der Waals surface area contributed by atoms with E-state index in [0.717, 1.165) is 9.79 Å². The SMILES string of the molecule is Nc1cc(F)ccc1Sc1ccncc1. The summed E-state index contributed by atoms with van der Waals surface area (Å²) in [5.41, 5.74) is 6.15. The van der Waals surface area contributed by atoms with Gasteiger partial charge in [0.1, 0.15) is 5.82 Å². The van der Waals surface area contributed by atoms with Gasteiger partial charge in [0.2, 0.25) is 0 Å². The monoisotopic (exact) mass is 220 g/mol. The average molecular weight is 220 g/mol. The van der Waals surface area contributed by atoms with Gasteiger partial charge in [-0.2, -0.15) is 0 Å². The van der Waals surface area contributed by atoms with Crippen LogP contribution in [0.1, 0.15) is 0 Å². The molecule has 76 valence electrons. The van der Waals surface area contributed by atoms with Gasteiger partial charge in [0.25, 0.3) is 0 Å². The van der Waals surface area contributed by atoms with Crippen molar-refractivity contribution in [1.82, 2.24) is 4.98 Å². The highest BCUT2D eigenvalue weighted by atomic mass is 32.2. The molecule has 0 amide bonds. The van der Waals surface area contributed by atoms with Crippen molar-refractivity contribution in [2.75, 3.05) is 5.73 Å². The molecule has 2 rings (SSSR count). The zero-order valence-corrected chi connectivity index (χ0v) is 8.67. The number of halogens is 1. The van der Waals surface area contributed by atoms with E-state index in [-0.39, 0.29) is 5.82 Å². The van der Waals surface area contributed by atoms with Crippen molar-refractivity contribution in [3.05, 3.63) is 48.5 Å². The molecule has 0 unspecified atom stereocenters. The predicted octanol–water partition coefficient (Wildman–Crippen LogP) is 2.95. The maximum absolute atomic E-state index is 12.8. The quantitative estimate of drug-likeness (QED) is 0.791. The number of pyridine rings is 1. The van der Waals surface area contributed by atoms with E-state index in [1.807, 2.05) is 12.1 Å². The lowest BCUT2D eigenvalue weighted by Gasteiger charge is -2.04. The summed E-state index contributed by atoms with van der Waals surface area (Å²) in [4.78, 5) is 5.80. The molecular weight excluding hydrogens is 211 g/mol. The summed E-state index contributed by atoms with van der Waals surface area (Å²) in [6.07, 6.45) is 3.42. The molecule has 4 heteroatoms. The Morgan fingerprint density at radius 1 is 1.13 bits per heavy atom. The first-order valence-corrected chi connectivity index (χ1v) is 5.20. The maximum atomic E-state index is 12.8. The van der Waals surface area contributed by atoms with Crippen LogP contribution in [-0.2, 0) is 0 Å². The van der Waals surface area contributed by atoms with E-state index in [1.54, 1.807) is 18.5 Å². The van der Waals surface area contributed by atoms with Gasteiger partial charge in [-0.15, -0.1) is 0 Å². The van der Waals surface area contributed by atoms with E-state index in [1.165, 1.54) is 23.9 Å². The molecule has 0 aliphatic carbocycles. The smallest absolute Gasteiger partial charge is 0.125 e. The van der Waals surface area contributed by atoms with Crippen molar-refractivity contribution >= 4 is 17.4 Å². The van der Waals surface area contributed by atoms with Crippen LogP contribution < -0.4 is 5.73 Å². The second-order valence-corrected chi connectivity index (χ2v) is 4.08. The second kappa shape index (κ2) is 4.31. The predicted molar refractivity (Wildman–Crippen MR) is 59.2 cm³/mol. The summed E-state index contributed by atoms with van der Waals surface area (Å²) in [5.74, 6) is -0.313. The summed E-state index contributed by atoms with van der Waals surface area (Å²) in [7, 11) is 0.